The number of halogens is 1. The Bertz CT molecular complexity index is 1150. The van der Waals surface area contributed by atoms with Crippen LogP contribution in [0.15, 0.2) is 60.9 Å². The van der Waals surface area contributed by atoms with E-state index in [-0.39, 0.29) is 24.1 Å². The molecule has 1 unspecified atom stereocenters. The van der Waals surface area contributed by atoms with E-state index in [0.29, 0.717) is 50.1 Å². The molecule has 178 valence electrons. The van der Waals surface area contributed by atoms with E-state index >= 15 is 0 Å². The van der Waals surface area contributed by atoms with Gasteiger partial charge in [0, 0.05) is 42.8 Å². The van der Waals surface area contributed by atoms with Crippen LogP contribution < -0.4 is 15.4 Å². The minimum atomic E-state index is -0.635. The van der Waals surface area contributed by atoms with Crippen LogP contribution in [-0.2, 0) is 29.1 Å². The predicted octanol–water partition coefficient (Wildman–Crippen LogP) is 3.37. The van der Waals surface area contributed by atoms with E-state index in [4.69, 9.17) is 4.74 Å². The van der Waals surface area contributed by atoms with Crippen molar-refractivity contribution in [2.24, 2.45) is 0 Å². The van der Waals surface area contributed by atoms with Crippen LogP contribution in [0.2, 0.25) is 0 Å². The van der Waals surface area contributed by atoms with Crippen LogP contribution in [-0.4, -0.2) is 34.2 Å². The van der Waals surface area contributed by atoms with Crippen molar-refractivity contribution >= 4 is 11.8 Å². The number of benzene rings is 2. The highest BCUT2D eigenvalue weighted by Gasteiger charge is 2.38. The van der Waals surface area contributed by atoms with Crippen LogP contribution in [0.5, 0.6) is 5.75 Å². The van der Waals surface area contributed by atoms with Crippen molar-refractivity contribution in [3.63, 3.8) is 0 Å². The van der Waals surface area contributed by atoms with Gasteiger partial charge in [0.05, 0.1) is 19.9 Å². The average Bonchev–Trinajstić information content (AvgIpc) is 3.44. The Kier molecular flexibility index (Phi) is 7.25. The van der Waals surface area contributed by atoms with Gasteiger partial charge in [0.25, 0.3) is 0 Å². The van der Waals surface area contributed by atoms with Crippen molar-refractivity contribution in [2.75, 3.05) is 7.11 Å². The van der Waals surface area contributed by atoms with Crippen LogP contribution in [0.4, 0.5) is 4.39 Å². The van der Waals surface area contributed by atoms with Crippen molar-refractivity contribution in [3.8, 4) is 5.75 Å². The van der Waals surface area contributed by atoms with Gasteiger partial charge < -0.3 is 15.4 Å². The maximum atomic E-state index is 14.5. The van der Waals surface area contributed by atoms with Gasteiger partial charge in [-0.05, 0) is 36.5 Å². The maximum Gasteiger partial charge on any atom is 0.220 e. The van der Waals surface area contributed by atoms with E-state index in [9.17, 15) is 14.0 Å². The van der Waals surface area contributed by atoms with Gasteiger partial charge in [-0.1, -0.05) is 36.4 Å². The molecule has 2 aromatic carbocycles. The zero-order valence-corrected chi connectivity index (χ0v) is 19.2. The second-order valence-electron chi connectivity index (χ2n) is 8.77. The zero-order chi connectivity index (χ0) is 24.0. The van der Waals surface area contributed by atoms with Crippen LogP contribution in [0.3, 0.4) is 0 Å². The standard InChI is InChI=1S/C26H29FN4O3/c1-34-22-8-7-21(23(27)13-22)14-26(12-10-25(33)30-26)11-9-24(32)28-15-20-16-29-31(18-20)17-19-5-3-2-4-6-19/h2-8,13,16,18H,9-12,14-15,17H2,1H3,(H,28,32)(H,30,33). The van der Waals surface area contributed by atoms with Crippen molar-refractivity contribution in [1.82, 2.24) is 20.4 Å². The van der Waals surface area contributed by atoms with Gasteiger partial charge in [-0.25, -0.2) is 4.39 Å². The number of methoxy groups -OCH3 is 1. The number of aromatic nitrogens is 2. The third kappa shape index (κ3) is 6.01. The minimum absolute atomic E-state index is 0.0693. The van der Waals surface area contributed by atoms with Crippen LogP contribution in [0.25, 0.3) is 0 Å². The van der Waals surface area contributed by atoms with Gasteiger partial charge in [0.1, 0.15) is 11.6 Å². The number of nitrogens with one attached hydrogen (secondary N) is 2. The molecule has 0 saturated carbocycles. The highest BCUT2D eigenvalue weighted by molar-refractivity contribution is 5.80. The van der Waals surface area contributed by atoms with E-state index in [1.54, 1.807) is 18.3 Å². The van der Waals surface area contributed by atoms with Gasteiger partial charge in [0.15, 0.2) is 0 Å². The number of amides is 2. The fourth-order valence-corrected chi connectivity index (χ4v) is 4.34. The molecule has 2 amide bonds. The van der Waals surface area contributed by atoms with E-state index in [2.05, 4.69) is 15.7 Å². The molecule has 1 saturated heterocycles. The molecular weight excluding hydrogens is 435 g/mol. The molecule has 0 bridgehead atoms. The first-order valence-corrected chi connectivity index (χ1v) is 11.4. The van der Waals surface area contributed by atoms with Crippen LogP contribution in [0.1, 0.15) is 42.4 Å². The predicted molar refractivity (Wildman–Crippen MR) is 126 cm³/mol. The fraction of sp³-hybridized carbons (Fsp3) is 0.346. The number of nitrogens with zero attached hydrogens (tertiary/aromatic N) is 2. The molecule has 1 aromatic heterocycles. The summed E-state index contributed by atoms with van der Waals surface area (Å²) in [4.78, 5) is 24.5. The summed E-state index contributed by atoms with van der Waals surface area (Å²) in [5, 5.41) is 10.3. The normalized spacial score (nSPS) is 17.4. The second-order valence-corrected chi connectivity index (χ2v) is 8.77. The number of rotatable bonds is 10. The Hall–Kier alpha value is -3.68. The third-order valence-corrected chi connectivity index (χ3v) is 6.22. The molecule has 0 spiro atoms. The lowest BCUT2D eigenvalue weighted by molar-refractivity contribution is -0.122. The summed E-state index contributed by atoms with van der Waals surface area (Å²) in [7, 11) is 1.49. The highest BCUT2D eigenvalue weighted by atomic mass is 19.1. The molecule has 8 heteroatoms. The molecule has 34 heavy (non-hydrogen) atoms. The van der Waals surface area contributed by atoms with Crippen molar-refractivity contribution in [3.05, 3.63) is 83.4 Å². The van der Waals surface area contributed by atoms with Crippen molar-refractivity contribution in [2.45, 2.75) is 50.7 Å². The summed E-state index contributed by atoms with van der Waals surface area (Å²) in [6.07, 6.45) is 5.59. The molecule has 1 aliphatic rings. The first kappa shape index (κ1) is 23.5. The number of hydrogen-bond acceptors (Lipinski definition) is 4. The Balaban J connectivity index is 1.31. The number of ether oxygens (including phenoxy) is 1. The van der Waals surface area contributed by atoms with Gasteiger partial charge >= 0.3 is 0 Å². The van der Waals surface area contributed by atoms with Gasteiger partial charge in [-0.15, -0.1) is 0 Å². The first-order chi connectivity index (χ1) is 16.4. The van der Waals surface area contributed by atoms with Gasteiger partial charge in [-0.3, -0.25) is 14.3 Å². The summed E-state index contributed by atoms with van der Waals surface area (Å²) in [6, 6.07) is 14.7. The summed E-state index contributed by atoms with van der Waals surface area (Å²) >= 11 is 0. The van der Waals surface area contributed by atoms with Gasteiger partial charge in [0.2, 0.25) is 11.8 Å². The number of carbonyl (C=O) groups is 2. The SMILES string of the molecule is COc1ccc(CC2(CCC(=O)NCc3cnn(Cc4ccccc4)c3)CCC(=O)N2)c(F)c1. The molecule has 2 heterocycles. The average molecular weight is 465 g/mol. The zero-order valence-electron chi connectivity index (χ0n) is 19.2. The molecule has 0 aliphatic carbocycles. The summed E-state index contributed by atoms with van der Waals surface area (Å²) in [6.45, 7) is 1.04. The van der Waals surface area contributed by atoms with E-state index in [0.717, 1.165) is 11.1 Å². The highest BCUT2D eigenvalue weighted by Crippen LogP contribution is 2.31. The van der Waals surface area contributed by atoms with Crippen molar-refractivity contribution in [1.29, 1.82) is 0 Å². The summed E-state index contributed by atoms with van der Waals surface area (Å²) in [5.41, 5.74) is 1.92. The fourth-order valence-electron chi connectivity index (χ4n) is 4.34. The molecule has 7 nitrogen and oxygen atoms in total. The lowest BCUT2D eigenvalue weighted by Crippen LogP contribution is -2.44. The first-order valence-electron chi connectivity index (χ1n) is 11.4. The molecule has 4 rings (SSSR count). The molecule has 2 N–H and O–H groups in total. The van der Waals surface area contributed by atoms with E-state index in [1.807, 2.05) is 41.2 Å². The lowest BCUT2D eigenvalue weighted by atomic mass is 9.84. The van der Waals surface area contributed by atoms with E-state index in [1.165, 1.54) is 13.2 Å². The molecule has 1 fully saturated rings. The molecule has 1 atom stereocenters. The lowest BCUT2D eigenvalue weighted by Gasteiger charge is -2.29. The van der Waals surface area contributed by atoms with Crippen molar-refractivity contribution < 1.29 is 18.7 Å². The monoisotopic (exact) mass is 464 g/mol. The van der Waals surface area contributed by atoms with E-state index < -0.39 is 5.54 Å². The van der Waals surface area contributed by atoms with Crippen LogP contribution >= 0.6 is 0 Å². The molecular formula is C26H29FN4O3. The Morgan fingerprint density at radius 3 is 2.76 bits per heavy atom. The summed E-state index contributed by atoms with van der Waals surface area (Å²) in [5.74, 6) is -0.124. The smallest absolute Gasteiger partial charge is 0.220 e. The summed E-state index contributed by atoms with van der Waals surface area (Å²) < 4.78 is 21.4. The molecule has 1 aliphatic heterocycles. The Morgan fingerprint density at radius 2 is 2.06 bits per heavy atom. The second kappa shape index (κ2) is 10.5. The maximum absolute atomic E-state index is 14.5. The number of carbonyl (C=O) groups excluding carboxylic acids is 2. The topological polar surface area (TPSA) is 85.2 Å². The Labute approximate surface area is 198 Å². The quantitative estimate of drug-likeness (QED) is 0.482. The largest absolute Gasteiger partial charge is 0.497 e. The number of hydrogen-bond donors (Lipinski definition) is 2. The third-order valence-electron chi connectivity index (χ3n) is 6.22. The molecule has 3 aromatic rings. The molecule has 0 radical (unpaired) electrons. The van der Waals surface area contributed by atoms with Crippen LogP contribution in [0, 0.1) is 5.82 Å². The Morgan fingerprint density at radius 1 is 1.24 bits per heavy atom. The minimum Gasteiger partial charge on any atom is -0.497 e. The van der Waals surface area contributed by atoms with Gasteiger partial charge in [-0.2, -0.15) is 5.10 Å².